The lowest BCUT2D eigenvalue weighted by Crippen LogP contribution is -2.03. The average Bonchev–Trinajstić information content (AvgIpc) is 2.25. The summed E-state index contributed by atoms with van der Waals surface area (Å²) in [5.41, 5.74) is 1.38. The van der Waals surface area contributed by atoms with E-state index in [0.29, 0.717) is 0 Å². The lowest BCUT2D eigenvalue weighted by molar-refractivity contribution is 0.908. The molecule has 84 valence electrons. The van der Waals surface area contributed by atoms with Gasteiger partial charge >= 0.3 is 0 Å². The minimum atomic E-state index is 0.956. The van der Waals surface area contributed by atoms with E-state index in [4.69, 9.17) is 0 Å². The van der Waals surface area contributed by atoms with Gasteiger partial charge in [-0.05, 0) is 39.3 Å². The predicted molar refractivity (Wildman–Crippen MR) is 70.0 cm³/mol. The van der Waals surface area contributed by atoms with Gasteiger partial charge in [0.2, 0.25) is 0 Å². The fourth-order valence-electron chi connectivity index (χ4n) is 1.23. The summed E-state index contributed by atoms with van der Waals surface area (Å²) in [5.74, 6) is 0. The summed E-state index contributed by atoms with van der Waals surface area (Å²) < 4.78 is 0. The van der Waals surface area contributed by atoms with Crippen LogP contribution in [0.25, 0.3) is 0 Å². The van der Waals surface area contributed by atoms with Gasteiger partial charge in [0.25, 0.3) is 0 Å². The van der Waals surface area contributed by atoms with Gasteiger partial charge in [0.1, 0.15) is 0 Å². The average molecular weight is 205 g/mol. The first-order valence-electron chi connectivity index (χ1n) is 5.59. The first-order valence-corrected chi connectivity index (χ1v) is 5.59. The zero-order chi connectivity index (χ0) is 11.4. The van der Waals surface area contributed by atoms with E-state index in [1.807, 2.05) is 14.0 Å². The molecule has 1 heteroatoms. The topological polar surface area (TPSA) is 12.0 Å². The predicted octanol–water partition coefficient (Wildman–Crippen LogP) is 3.62. The van der Waals surface area contributed by atoms with Crippen molar-refractivity contribution in [3.8, 4) is 0 Å². The van der Waals surface area contributed by atoms with Crippen molar-refractivity contribution in [2.24, 2.45) is 0 Å². The summed E-state index contributed by atoms with van der Waals surface area (Å²) in [6, 6.07) is 0. The molecule has 0 unspecified atom stereocenters. The smallest absolute Gasteiger partial charge is 0.0131 e. The van der Waals surface area contributed by atoms with Gasteiger partial charge < -0.3 is 5.32 Å². The van der Waals surface area contributed by atoms with Gasteiger partial charge in [-0.2, -0.15) is 0 Å². The van der Waals surface area contributed by atoms with Gasteiger partial charge in [-0.1, -0.05) is 42.5 Å². The normalized spacial score (nSPS) is 13.7. The highest BCUT2D eigenvalue weighted by molar-refractivity contribution is 5.23. The molecule has 0 aliphatic carbocycles. The second-order valence-electron chi connectivity index (χ2n) is 3.34. The molecule has 0 bridgehead atoms. The molecule has 0 fully saturated rings. The maximum atomic E-state index is 3.09. The van der Waals surface area contributed by atoms with E-state index in [9.17, 15) is 0 Å². The Balaban J connectivity index is 3.96. The Labute approximate surface area is 94.3 Å². The lowest BCUT2D eigenvalue weighted by atomic mass is 10.1. The molecule has 15 heavy (non-hydrogen) atoms. The van der Waals surface area contributed by atoms with Gasteiger partial charge in [-0.25, -0.2) is 0 Å². The van der Waals surface area contributed by atoms with E-state index < -0.39 is 0 Å². The summed E-state index contributed by atoms with van der Waals surface area (Å²) in [6.45, 7) is 5.05. The Bertz CT molecular complexity index is 244. The Kier molecular flexibility index (Phi) is 10.2. The van der Waals surface area contributed by atoms with Crippen LogP contribution < -0.4 is 5.32 Å². The van der Waals surface area contributed by atoms with Gasteiger partial charge in [-0.15, -0.1) is 0 Å². The van der Waals surface area contributed by atoms with Gasteiger partial charge in [0.15, 0.2) is 0 Å². The zero-order valence-corrected chi connectivity index (χ0v) is 10.2. The largest absolute Gasteiger partial charge is 0.316 e. The Morgan fingerprint density at radius 1 is 1.13 bits per heavy atom. The molecule has 0 rings (SSSR count). The van der Waals surface area contributed by atoms with Gasteiger partial charge in [0.05, 0.1) is 0 Å². The van der Waals surface area contributed by atoms with Crippen LogP contribution in [0.3, 0.4) is 0 Å². The first-order chi connectivity index (χ1) is 7.35. The van der Waals surface area contributed by atoms with Crippen molar-refractivity contribution < 1.29 is 0 Å². The third kappa shape index (κ3) is 9.23. The maximum absolute atomic E-state index is 3.09. The molecule has 0 atom stereocenters. The molecule has 1 N–H and O–H groups in total. The van der Waals surface area contributed by atoms with Crippen LogP contribution in [0.2, 0.25) is 0 Å². The van der Waals surface area contributed by atoms with Crippen LogP contribution >= 0.6 is 0 Å². The molecule has 0 amide bonds. The quantitative estimate of drug-likeness (QED) is 0.494. The van der Waals surface area contributed by atoms with Crippen molar-refractivity contribution in [2.75, 3.05) is 13.6 Å². The second-order valence-corrected chi connectivity index (χ2v) is 3.34. The summed E-state index contributed by atoms with van der Waals surface area (Å²) >= 11 is 0. The molecule has 0 spiro atoms. The van der Waals surface area contributed by atoms with Crippen molar-refractivity contribution >= 4 is 0 Å². The summed E-state index contributed by atoms with van der Waals surface area (Å²) in [7, 11) is 1.96. The number of hydrogen-bond acceptors (Lipinski definition) is 1. The molecule has 0 aromatic rings. The monoisotopic (exact) mass is 205 g/mol. The highest BCUT2D eigenvalue weighted by Crippen LogP contribution is 2.07. The molecule has 1 nitrogen and oxygen atoms in total. The maximum Gasteiger partial charge on any atom is 0.0131 e. The van der Waals surface area contributed by atoms with Crippen LogP contribution in [0.1, 0.15) is 26.7 Å². The number of allylic oxidation sites excluding steroid dienone is 7. The highest BCUT2D eigenvalue weighted by Gasteiger charge is 1.88. The molecule has 0 radical (unpaired) electrons. The van der Waals surface area contributed by atoms with Gasteiger partial charge in [0, 0.05) is 6.54 Å². The van der Waals surface area contributed by atoms with Crippen LogP contribution in [0.5, 0.6) is 0 Å². The summed E-state index contributed by atoms with van der Waals surface area (Å²) in [6.07, 6.45) is 17.2. The molecule has 0 aliphatic rings. The molecule has 0 heterocycles. The molecule has 0 aromatic carbocycles. The summed E-state index contributed by atoms with van der Waals surface area (Å²) in [5, 5.41) is 3.09. The van der Waals surface area contributed by atoms with E-state index in [0.717, 1.165) is 19.4 Å². The number of nitrogens with one attached hydrogen (secondary N) is 1. The number of hydrogen-bond donors (Lipinski definition) is 1. The van der Waals surface area contributed by atoms with Crippen molar-refractivity contribution in [3.05, 3.63) is 48.1 Å². The number of rotatable bonds is 7. The van der Waals surface area contributed by atoms with Crippen LogP contribution in [0.4, 0.5) is 0 Å². The third-order valence-corrected chi connectivity index (χ3v) is 1.97. The Hall–Kier alpha value is -1.08. The van der Waals surface area contributed by atoms with Crippen LogP contribution in [-0.4, -0.2) is 13.6 Å². The third-order valence-electron chi connectivity index (χ3n) is 1.97. The van der Waals surface area contributed by atoms with Crippen LogP contribution in [0, 0.1) is 0 Å². The lowest BCUT2D eigenvalue weighted by Gasteiger charge is -1.97. The van der Waals surface area contributed by atoms with Crippen LogP contribution in [-0.2, 0) is 0 Å². The van der Waals surface area contributed by atoms with E-state index >= 15 is 0 Å². The first kappa shape index (κ1) is 13.9. The highest BCUT2D eigenvalue weighted by atomic mass is 14.8. The molecule has 0 saturated carbocycles. The fourth-order valence-corrected chi connectivity index (χ4v) is 1.23. The minimum absolute atomic E-state index is 0.956. The van der Waals surface area contributed by atoms with Gasteiger partial charge in [-0.3, -0.25) is 0 Å². The van der Waals surface area contributed by atoms with E-state index in [-0.39, 0.29) is 0 Å². The SMILES string of the molecule is C\C=C/C=C(\C=C/C)CC/C=C\CNC. The van der Waals surface area contributed by atoms with E-state index in [2.05, 4.69) is 54.8 Å². The molecule has 0 saturated heterocycles. The summed E-state index contributed by atoms with van der Waals surface area (Å²) in [4.78, 5) is 0. The molecule has 0 aromatic heterocycles. The van der Waals surface area contributed by atoms with E-state index in [1.165, 1.54) is 5.57 Å². The van der Waals surface area contributed by atoms with Crippen molar-refractivity contribution in [1.82, 2.24) is 5.32 Å². The number of likely N-dealkylation sites (N-methyl/N-ethyl adjacent to an activating group) is 1. The van der Waals surface area contributed by atoms with E-state index in [1.54, 1.807) is 0 Å². The fraction of sp³-hybridized carbons (Fsp3) is 0.429. The van der Waals surface area contributed by atoms with Crippen LogP contribution in [0.15, 0.2) is 48.1 Å². The minimum Gasteiger partial charge on any atom is -0.316 e. The Morgan fingerprint density at radius 2 is 1.93 bits per heavy atom. The standard InChI is InChI=1S/C14H23N/c1-4-6-11-14(10-5-2)12-8-7-9-13-15-3/h4-7,9-11,15H,8,12-13H2,1-3H3/b6-4-,9-7-,10-5-,14-11+. The second kappa shape index (κ2) is 11.0. The van der Waals surface area contributed by atoms with Crippen molar-refractivity contribution in [3.63, 3.8) is 0 Å². The van der Waals surface area contributed by atoms with Crippen molar-refractivity contribution in [2.45, 2.75) is 26.7 Å². The zero-order valence-electron chi connectivity index (χ0n) is 10.2. The molecular formula is C14H23N. The molecular weight excluding hydrogens is 182 g/mol. The van der Waals surface area contributed by atoms with Crippen molar-refractivity contribution in [1.29, 1.82) is 0 Å². The molecule has 0 aliphatic heterocycles. The Morgan fingerprint density at radius 3 is 2.53 bits per heavy atom.